The van der Waals surface area contributed by atoms with Crippen LogP contribution in [0.25, 0.3) is 0 Å². The molecule has 0 radical (unpaired) electrons. The van der Waals surface area contributed by atoms with Crippen molar-refractivity contribution in [2.24, 2.45) is 0 Å². The van der Waals surface area contributed by atoms with Gasteiger partial charge in [0, 0.05) is 7.05 Å². The van der Waals surface area contributed by atoms with Crippen LogP contribution in [-0.2, 0) is 0 Å². The first-order valence-corrected chi connectivity index (χ1v) is 5.97. The van der Waals surface area contributed by atoms with Gasteiger partial charge >= 0.3 is 0 Å². The lowest BCUT2D eigenvalue weighted by atomic mass is 10.1. The van der Waals surface area contributed by atoms with Gasteiger partial charge < -0.3 is 9.32 Å². The fraction of sp³-hybridized carbons (Fsp3) is 0.267. The van der Waals surface area contributed by atoms with Gasteiger partial charge in [0.1, 0.15) is 5.76 Å². The molecule has 3 heteroatoms. The van der Waals surface area contributed by atoms with Gasteiger partial charge in [0.05, 0.1) is 17.9 Å². The van der Waals surface area contributed by atoms with Gasteiger partial charge in [0.2, 0.25) is 0 Å². The highest BCUT2D eigenvalue weighted by molar-refractivity contribution is 5.95. The van der Waals surface area contributed by atoms with Crippen LogP contribution >= 0.6 is 0 Å². The first-order valence-electron chi connectivity index (χ1n) is 5.97. The van der Waals surface area contributed by atoms with Gasteiger partial charge in [-0.2, -0.15) is 0 Å². The second kappa shape index (κ2) is 5.08. The Morgan fingerprint density at radius 1 is 1.22 bits per heavy atom. The molecule has 2 aromatic rings. The van der Waals surface area contributed by atoms with Crippen molar-refractivity contribution in [2.75, 3.05) is 7.05 Å². The summed E-state index contributed by atoms with van der Waals surface area (Å²) >= 11 is 0. The molecule has 1 atom stereocenters. The lowest BCUT2D eigenvalue weighted by molar-refractivity contribution is 0.0741. The van der Waals surface area contributed by atoms with Crippen molar-refractivity contribution in [1.82, 2.24) is 4.90 Å². The van der Waals surface area contributed by atoms with Gasteiger partial charge in [-0.3, -0.25) is 4.79 Å². The number of amides is 1. The normalized spacial score (nSPS) is 12.2. The van der Waals surface area contributed by atoms with E-state index in [0.717, 1.165) is 5.56 Å². The number of benzene rings is 1. The minimum atomic E-state index is -0.0161. The van der Waals surface area contributed by atoms with Crippen LogP contribution in [-0.4, -0.2) is 17.9 Å². The van der Waals surface area contributed by atoms with Crippen LogP contribution in [0.5, 0.6) is 0 Å². The third-order valence-electron chi connectivity index (χ3n) is 3.27. The summed E-state index contributed by atoms with van der Waals surface area (Å²) < 4.78 is 5.17. The quantitative estimate of drug-likeness (QED) is 0.827. The Bertz CT molecular complexity index is 530. The third kappa shape index (κ3) is 2.30. The Hall–Kier alpha value is -2.03. The van der Waals surface area contributed by atoms with Gasteiger partial charge in [0.15, 0.2) is 0 Å². The van der Waals surface area contributed by atoms with Crippen LogP contribution in [0.4, 0.5) is 0 Å². The number of rotatable bonds is 3. The maximum absolute atomic E-state index is 12.3. The van der Waals surface area contributed by atoms with Crippen LogP contribution < -0.4 is 0 Å². The molecule has 94 valence electrons. The fourth-order valence-electron chi connectivity index (χ4n) is 1.93. The second-order valence-electron chi connectivity index (χ2n) is 4.39. The van der Waals surface area contributed by atoms with E-state index in [9.17, 15) is 4.79 Å². The molecule has 0 N–H and O–H groups in total. The number of nitrogens with zero attached hydrogens (tertiary/aromatic N) is 1. The largest absolute Gasteiger partial charge is 0.469 e. The summed E-state index contributed by atoms with van der Waals surface area (Å²) in [6.07, 6.45) is 1.55. The van der Waals surface area contributed by atoms with Gasteiger partial charge in [-0.25, -0.2) is 0 Å². The van der Waals surface area contributed by atoms with Gasteiger partial charge in [0.25, 0.3) is 5.91 Å². The van der Waals surface area contributed by atoms with E-state index < -0.39 is 0 Å². The molecule has 1 heterocycles. The van der Waals surface area contributed by atoms with Crippen molar-refractivity contribution in [3.05, 3.63) is 59.5 Å². The Kier molecular flexibility index (Phi) is 3.51. The van der Waals surface area contributed by atoms with Crippen LogP contribution in [0.1, 0.15) is 34.6 Å². The summed E-state index contributed by atoms with van der Waals surface area (Å²) in [5, 5.41) is 0. The molecule has 18 heavy (non-hydrogen) atoms. The van der Waals surface area contributed by atoms with Gasteiger partial charge in [-0.05, 0) is 25.5 Å². The van der Waals surface area contributed by atoms with Crippen molar-refractivity contribution in [3.63, 3.8) is 0 Å². The SMILES string of the molecule is Cc1occc1C(=O)N(C)C(C)c1ccccc1. The standard InChI is InChI=1S/C15H17NO2/c1-11(13-7-5-4-6-8-13)16(3)15(17)14-9-10-18-12(14)2/h4-11H,1-3H3. The minimum absolute atomic E-state index is 0.0161. The summed E-state index contributed by atoms with van der Waals surface area (Å²) in [7, 11) is 1.81. The maximum Gasteiger partial charge on any atom is 0.257 e. The summed E-state index contributed by atoms with van der Waals surface area (Å²) in [5.41, 5.74) is 1.75. The zero-order valence-corrected chi connectivity index (χ0v) is 10.9. The average molecular weight is 243 g/mol. The molecule has 0 bridgehead atoms. The first kappa shape index (κ1) is 12.4. The zero-order valence-electron chi connectivity index (χ0n) is 10.9. The van der Waals surface area contributed by atoms with E-state index in [-0.39, 0.29) is 11.9 Å². The smallest absolute Gasteiger partial charge is 0.257 e. The molecule has 3 nitrogen and oxygen atoms in total. The Labute approximate surface area is 107 Å². The van der Waals surface area contributed by atoms with Crippen molar-refractivity contribution >= 4 is 5.91 Å². The average Bonchev–Trinajstić information content (AvgIpc) is 2.83. The number of carbonyl (C=O) groups is 1. The molecule has 0 saturated heterocycles. The Morgan fingerprint density at radius 2 is 1.89 bits per heavy atom. The molecule has 1 aromatic heterocycles. The molecule has 0 aliphatic carbocycles. The van der Waals surface area contributed by atoms with E-state index >= 15 is 0 Å². The predicted molar refractivity (Wildman–Crippen MR) is 70.4 cm³/mol. The number of aryl methyl sites for hydroxylation is 1. The van der Waals surface area contributed by atoms with E-state index in [0.29, 0.717) is 11.3 Å². The van der Waals surface area contributed by atoms with Crippen LogP contribution in [0.2, 0.25) is 0 Å². The Balaban J connectivity index is 2.20. The first-order chi connectivity index (χ1) is 8.61. The minimum Gasteiger partial charge on any atom is -0.469 e. The number of carbonyl (C=O) groups excluding carboxylic acids is 1. The van der Waals surface area contributed by atoms with Gasteiger partial charge in [-0.1, -0.05) is 30.3 Å². The monoisotopic (exact) mass is 243 g/mol. The molecule has 1 amide bonds. The summed E-state index contributed by atoms with van der Waals surface area (Å²) in [4.78, 5) is 14.0. The topological polar surface area (TPSA) is 33.5 Å². The van der Waals surface area contributed by atoms with E-state index in [1.165, 1.54) is 0 Å². The highest BCUT2D eigenvalue weighted by Crippen LogP contribution is 2.21. The van der Waals surface area contributed by atoms with Crippen molar-refractivity contribution in [1.29, 1.82) is 0 Å². The number of hydrogen-bond acceptors (Lipinski definition) is 2. The molecule has 2 rings (SSSR count). The lowest BCUT2D eigenvalue weighted by Gasteiger charge is -2.25. The van der Waals surface area contributed by atoms with Crippen molar-refractivity contribution < 1.29 is 9.21 Å². The van der Waals surface area contributed by atoms with Crippen molar-refractivity contribution in [3.8, 4) is 0 Å². The molecule has 0 saturated carbocycles. The maximum atomic E-state index is 12.3. The van der Waals surface area contributed by atoms with E-state index in [1.807, 2.05) is 44.3 Å². The van der Waals surface area contributed by atoms with Crippen LogP contribution in [0, 0.1) is 6.92 Å². The number of hydrogen-bond donors (Lipinski definition) is 0. The zero-order chi connectivity index (χ0) is 13.1. The molecule has 0 spiro atoms. The fourth-order valence-corrected chi connectivity index (χ4v) is 1.93. The highest BCUT2D eigenvalue weighted by atomic mass is 16.3. The molecular weight excluding hydrogens is 226 g/mol. The van der Waals surface area contributed by atoms with E-state index in [2.05, 4.69) is 0 Å². The predicted octanol–water partition coefficient (Wildman–Crippen LogP) is 3.42. The molecule has 1 unspecified atom stereocenters. The third-order valence-corrected chi connectivity index (χ3v) is 3.27. The molecule has 1 aromatic carbocycles. The summed E-state index contributed by atoms with van der Waals surface area (Å²) in [6.45, 7) is 3.82. The molecule has 0 fully saturated rings. The second-order valence-corrected chi connectivity index (χ2v) is 4.39. The van der Waals surface area contributed by atoms with Crippen molar-refractivity contribution in [2.45, 2.75) is 19.9 Å². The van der Waals surface area contributed by atoms with E-state index in [1.54, 1.807) is 24.2 Å². The molecular formula is C15H17NO2. The lowest BCUT2D eigenvalue weighted by Crippen LogP contribution is -2.29. The van der Waals surface area contributed by atoms with E-state index in [4.69, 9.17) is 4.42 Å². The molecule has 0 aliphatic heterocycles. The highest BCUT2D eigenvalue weighted by Gasteiger charge is 2.21. The van der Waals surface area contributed by atoms with Crippen LogP contribution in [0.3, 0.4) is 0 Å². The summed E-state index contributed by atoms with van der Waals surface area (Å²) in [5.74, 6) is 0.643. The Morgan fingerprint density at radius 3 is 2.44 bits per heavy atom. The summed E-state index contributed by atoms with van der Waals surface area (Å²) in [6, 6.07) is 11.7. The molecule has 0 aliphatic rings. The van der Waals surface area contributed by atoms with Gasteiger partial charge in [-0.15, -0.1) is 0 Å². The number of furan rings is 1. The van der Waals surface area contributed by atoms with Crippen LogP contribution in [0.15, 0.2) is 47.1 Å².